The molecular weight excluding hydrogens is 413 g/mol. The van der Waals surface area contributed by atoms with Crippen LogP contribution in [-0.4, -0.2) is 21.5 Å². The van der Waals surface area contributed by atoms with Gasteiger partial charge in [-0.2, -0.15) is 0 Å². The van der Waals surface area contributed by atoms with Gasteiger partial charge in [0.25, 0.3) is 0 Å². The molecule has 0 amide bonds. The highest BCUT2D eigenvalue weighted by Gasteiger charge is 2.35. The third kappa shape index (κ3) is 2.92. The van der Waals surface area contributed by atoms with Crippen molar-refractivity contribution in [3.05, 3.63) is 87.6 Å². The lowest BCUT2D eigenvalue weighted by atomic mass is 9.91. The van der Waals surface area contributed by atoms with E-state index in [0.717, 1.165) is 28.9 Å². The molecule has 0 aliphatic carbocycles. The normalized spacial score (nSPS) is 16.2. The van der Waals surface area contributed by atoms with Crippen molar-refractivity contribution in [3.63, 3.8) is 0 Å². The molecule has 1 atom stereocenters. The van der Waals surface area contributed by atoms with Crippen LogP contribution in [0.5, 0.6) is 0 Å². The zero-order chi connectivity index (χ0) is 21.0. The lowest BCUT2D eigenvalue weighted by Crippen LogP contribution is -2.38. The highest BCUT2D eigenvalue weighted by Crippen LogP contribution is 2.41. The molecule has 0 unspecified atom stereocenters. The number of hydrogen-bond donors (Lipinski definition) is 1. The Morgan fingerprint density at radius 3 is 2.60 bits per heavy atom. The van der Waals surface area contributed by atoms with Crippen molar-refractivity contribution in [2.45, 2.75) is 19.4 Å². The zero-order valence-electron chi connectivity index (χ0n) is 15.9. The average molecular weight is 429 g/mol. The molecule has 0 radical (unpaired) electrons. The maximum absolute atomic E-state index is 15.1. The molecule has 1 aliphatic heterocycles. The molecule has 3 heterocycles. The molecule has 152 valence electrons. The fourth-order valence-corrected chi connectivity index (χ4v) is 4.30. The molecule has 0 fully saturated rings. The van der Waals surface area contributed by atoms with Gasteiger partial charge in [-0.25, -0.2) is 23.1 Å². The minimum atomic E-state index is -0.920. The van der Waals surface area contributed by atoms with E-state index in [-0.39, 0.29) is 17.1 Å². The van der Waals surface area contributed by atoms with Crippen LogP contribution < -0.4 is 4.90 Å². The maximum atomic E-state index is 15.1. The van der Waals surface area contributed by atoms with Gasteiger partial charge in [0.15, 0.2) is 17.5 Å². The van der Waals surface area contributed by atoms with Crippen molar-refractivity contribution in [1.82, 2.24) is 15.0 Å². The fraction of sp³-hybridized carbons (Fsp3) is 0.182. The Bertz CT molecular complexity index is 1270. The molecule has 5 rings (SSSR count). The highest BCUT2D eigenvalue weighted by atomic mass is 35.5. The highest BCUT2D eigenvalue weighted by molar-refractivity contribution is 6.31. The molecule has 0 spiro atoms. The number of anilines is 1. The standard InChI is InChI=1S/C22H16ClF3N4/c1-11-2-4-15(19(26)18(11)25)21-20-14(16-8-12(23)3-5-17(16)29-20)6-7-30(21)22-27-9-13(24)10-28-22/h2-5,8-10,21,29H,6-7H2,1H3/t21-/m0/s1. The lowest BCUT2D eigenvalue weighted by Gasteiger charge is -2.36. The first-order valence-electron chi connectivity index (χ1n) is 9.42. The summed E-state index contributed by atoms with van der Waals surface area (Å²) in [4.78, 5) is 13.3. The van der Waals surface area contributed by atoms with Crippen LogP contribution in [0.2, 0.25) is 5.02 Å². The van der Waals surface area contributed by atoms with Crippen molar-refractivity contribution in [1.29, 1.82) is 0 Å². The van der Waals surface area contributed by atoms with Crippen LogP contribution in [0.3, 0.4) is 0 Å². The van der Waals surface area contributed by atoms with E-state index < -0.39 is 23.5 Å². The van der Waals surface area contributed by atoms with E-state index in [1.54, 1.807) is 23.1 Å². The number of aryl methyl sites for hydroxylation is 1. The summed E-state index contributed by atoms with van der Waals surface area (Å²) in [7, 11) is 0. The number of nitrogens with one attached hydrogen (secondary N) is 1. The number of fused-ring (bicyclic) bond motifs is 3. The minimum absolute atomic E-state index is 0.157. The number of rotatable bonds is 2. The van der Waals surface area contributed by atoms with Crippen molar-refractivity contribution < 1.29 is 13.2 Å². The van der Waals surface area contributed by atoms with Gasteiger partial charge in [-0.1, -0.05) is 23.7 Å². The Hall–Kier alpha value is -3.06. The molecule has 0 saturated heterocycles. The summed E-state index contributed by atoms with van der Waals surface area (Å²) in [5.74, 6) is -2.14. The van der Waals surface area contributed by atoms with Crippen molar-refractivity contribution >= 4 is 28.5 Å². The van der Waals surface area contributed by atoms with Gasteiger partial charge >= 0.3 is 0 Å². The lowest BCUT2D eigenvalue weighted by molar-refractivity contribution is 0.480. The van der Waals surface area contributed by atoms with Crippen LogP contribution in [0.1, 0.15) is 28.4 Å². The average Bonchev–Trinajstić information content (AvgIpc) is 3.10. The molecule has 2 aromatic carbocycles. The maximum Gasteiger partial charge on any atom is 0.226 e. The summed E-state index contributed by atoms with van der Waals surface area (Å²) in [5.41, 5.74) is 2.93. The first-order chi connectivity index (χ1) is 14.4. The Balaban J connectivity index is 1.75. The minimum Gasteiger partial charge on any atom is -0.356 e. The molecule has 2 aromatic heterocycles. The Morgan fingerprint density at radius 1 is 1.07 bits per heavy atom. The molecule has 4 aromatic rings. The smallest absolute Gasteiger partial charge is 0.226 e. The molecule has 0 saturated carbocycles. The van der Waals surface area contributed by atoms with Gasteiger partial charge in [-0.05, 0) is 42.7 Å². The van der Waals surface area contributed by atoms with Crippen LogP contribution >= 0.6 is 11.6 Å². The van der Waals surface area contributed by atoms with E-state index in [1.807, 2.05) is 12.1 Å². The summed E-state index contributed by atoms with van der Waals surface area (Å²) in [6.07, 6.45) is 2.74. The number of halogens is 4. The van der Waals surface area contributed by atoms with E-state index in [9.17, 15) is 8.78 Å². The summed E-state index contributed by atoms with van der Waals surface area (Å²) in [6.45, 7) is 1.96. The largest absolute Gasteiger partial charge is 0.356 e. The SMILES string of the molecule is Cc1ccc([C@H]2c3[nH]c4ccc(Cl)cc4c3CCN2c2ncc(F)cn2)c(F)c1F. The van der Waals surface area contributed by atoms with Crippen molar-refractivity contribution in [2.24, 2.45) is 0 Å². The molecular formula is C22H16ClF3N4. The van der Waals surface area contributed by atoms with Gasteiger partial charge in [0.05, 0.1) is 12.4 Å². The molecule has 8 heteroatoms. The fourth-order valence-electron chi connectivity index (χ4n) is 4.13. The quantitative estimate of drug-likeness (QED) is 0.459. The van der Waals surface area contributed by atoms with E-state index in [1.165, 1.54) is 6.92 Å². The van der Waals surface area contributed by atoms with Crippen LogP contribution in [0.4, 0.5) is 19.1 Å². The van der Waals surface area contributed by atoms with Crippen molar-refractivity contribution in [2.75, 3.05) is 11.4 Å². The second-order valence-electron chi connectivity index (χ2n) is 7.35. The molecule has 30 heavy (non-hydrogen) atoms. The number of aromatic nitrogens is 3. The van der Waals surface area contributed by atoms with Gasteiger partial charge in [-0.3, -0.25) is 0 Å². The summed E-state index contributed by atoms with van der Waals surface area (Å²) < 4.78 is 42.9. The van der Waals surface area contributed by atoms with Crippen LogP contribution in [-0.2, 0) is 6.42 Å². The summed E-state index contributed by atoms with van der Waals surface area (Å²) in [5, 5.41) is 1.54. The topological polar surface area (TPSA) is 44.8 Å². The second kappa shape index (κ2) is 7.02. The number of H-pyrrole nitrogens is 1. The number of hydrogen-bond acceptors (Lipinski definition) is 3. The van der Waals surface area contributed by atoms with Gasteiger partial charge in [-0.15, -0.1) is 0 Å². The van der Waals surface area contributed by atoms with E-state index >= 15 is 4.39 Å². The summed E-state index contributed by atoms with van der Waals surface area (Å²) in [6, 6.07) is 7.90. The first-order valence-corrected chi connectivity index (χ1v) is 9.80. The molecule has 1 N–H and O–H groups in total. The van der Waals surface area contributed by atoms with Crippen LogP contribution in [0.25, 0.3) is 10.9 Å². The Labute approximate surface area is 175 Å². The third-order valence-corrected chi connectivity index (χ3v) is 5.79. The number of aromatic amines is 1. The number of nitrogens with zero attached hydrogens (tertiary/aromatic N) is 3. The third-order valence-electron chi connectivity index (χ3n) is 5.55. The predicted molar refractivity (Wildman–Crippen MR) is 109 cm³/mol. The second-order valence-corrected chi connectivity index (χ2v) is 7.79. The molecule has 0 bridgehead atoms. The van der Waals surface area contributed by atoms with Gasteiger partial charge in [0.1, 0.15) is 6.04 Å². The summed E-state index contributed by atoms with van der Waals surface area (Å²) >= 11 is 6.18. The monoisotopic (exact) mass is 428 g/mol. The van der Waals surface area contributed by atoms with Crippen LogP contribution in [0.15, 0.2) is 42.7 Å². The van der Waals surface area contributed by atoms with E-state index in [4.69, 9.17) is 11.6 Å². The van der Waals surface area contributed by atoms with Gasteiger partial charge in [0, 0.05) is 33.7 Å². The zero-order valence-corrected chi connectivity index (χ0v) is 16.6. The van der Waals surface area contributed by atoms with Crippen LogP contribution in [0, 0.1) is 24.4 Å². The van der Waals surface area contributed by atoms with Gasteiger partial charge in [0.2, 0.25) is 5.95 Å². The molecule has 4 nitrogen and oxygen atoms in total. The number of benzene rings is 2. The van der Waals surface area contributed by atoms with E-state index in [2.05, 4.69) is 15.0 Å². The first kappa shape index (κ1) is 18.9. The van der Waals surface area contributed by atoms with Gasteiger partial charge < -0.3 is 9.88 Å². The predicted octanol–water partition coefficient (Wildman–Crippen LogP) is 5.49. The molecule has 1 aliphatic rings. The Morgan fingerprint density at radius 2 is 1.83 bits per heavy atom. The Kier molecular flexibility index (Phi) is 4.43. The van der Waals surface area contributed by atoms with E-state index in [0.29, 0.717) is 23.7 Å². The van der Waals surface area contributed by atoms with Crippen molar-refractivity contribution in [3.8, 4) is 0 Å².